The van der Waals surface area contributed by atoms with Crippen molar-refractivity contribution in [1.29, 1.82) is 0 Å². The topological polar surface area (TPSA) is 91.6 Å². The smallest absolute Gasteiger partial charge is 0.261 e. The minimum Gasteiger partial charge on any atom is -0.377 e. The van der Waals surface area contributed by atoms with E-state index < -0.39 is 5.60 Å². The van der Waals surface area contributed by atoms with Crippen molar-refractivity contribution in [1.82, 2.24) is 24.6 Å². The van der Waals surface area contributed by atoms with Gasteiger partial charge in [0.15, 0.2) is 11.4 Å². The summed E-state index contributed by atoms with van der Waals surface area (Å²) in [6, 6.07) is 25.7. The number of piperidine rings is 1. The highest BCUT2D eigenvalue weighted by Crippen LogP contribution is 2.42. The molecule has 2 fully saturated rings. The zero-order valence-corrected chi connectivity index (χ0v) is 27.1. The largest absolute Gasteiger partial charge is 0.377 e. The number of fused-ring (bicyclic) bond motifs is 1. The molecule has 3 aromatic carbocycles. The van der Waals surface area contributed by atoms with Gasteiger partial charge in [-0.2, -0.15) is 5.10 Å². The van der Waals surface area contributed by atoms with Crippen LogP contribution in [0.4, 0.5) is 0 Å². The van der Waals surface area contributed by atoms with E-state index in [1.807, 2.05) is 41.3 Å². The second kappa shape index (κ2) is 13.9. The van der Waals surface area contributed by atoms with Crippen LogP contribution >= 0.6 is 0 Å². The average molecular weight is 632 g/mol. The fourth-order valence-electron chi connectivity index (χ4n) is 7.82. The Hall–Kier alpha value is -4.14. The van der Waals surface area contributed by atoms with Gasteiger partial charge in [0.05, 0.1) is 11.1 Å². The molecule has 1 saturated carbocycles. The monoisotopic (exact) mass is 631 g/mol. The van der Waals surface area contributed by atoms with E-state index in [1.165, 1.54) is 16.9 Å². The molecule has 4 aromatic rings. The van der Waals surface area contributed by atoms with Crippen molar-refractivity contribution >= 4 is 11.8 Å². The lowest BCUT2D eigenvalue weighted by Gasteiger charge is -2.37. The summed E-state index contributed by atoms with van der Waals surface area (Å²) in [6.07, 6.45) is 11.2. The summed E-state index contributed by atoms with van der Waals surface area (Å²) in [5.41, 5.74) is 3.19. The highest BCUT2D eigenvalue weighted by molar-refractivity contribution is 6.21. The summed E-state index contributed by atoms with van der Waals surface area (Å²) in [7, 11) is 0. The molecule has 47 heavy (non-hydrogen) atoms. The van der Waals surface area contributed by atoms with Crippen LogP contribution < -0.4 is 0 Å². The van der Waals surface area contributed by atoms with E-state index in [9.17, 15) is 14.7 Å². The number of hydrogen-bond acceptors (Lipinski definition) is 6. The van der Waals surface area contributed by atoms with Crippen LogP contribution in [-0.4, -0.2) is 67.7 Å². The number of carbonyl (C=O) groups excluding carboxylic acids is 2. The molecule has 2 aliphatic heterocycles. The number of benzene rings is 3. The first-order valence-electron chi connectivity index (χ1n) is 17.4. The van der Waals surface area contributed by atoms with Crippen molar-refractivity contribution in [2.75, 3.05) is 26.2 Å². The lowest BCUT2D eigenvalue weighted by molar-refractivity contribution is -0.00865. The second-order valence-electron chi connectivity index (χ2n) is 13.7. The Bertz CT molecular complexity index is 1640. The number of likely N-dealkylation sites (tertiary alicyclic amines) is 1. The Morgan fingerprint density at radius 1 is 0.723 bits per heavy atom. The third-order valence-corrected chi connectivity index (χ3v) is 10.7. The van der Waals surface area contributed by atoms with Crippen molar-refractivity contribution in [3.63, 3.8) is 0 Å². The van der Waals surface area contributed by atoms with Crippen molar-refractivity contribution in [3.05, 3.63) is 119 Å². The van der Waals surface area contributed by atoms with Crippen molar-refractivity contribution in [3.8, 4) is 0 Å². The van der Waals surface area contributed by atoms with Crippen LogP contribution in [0.1, 0.15) is 88.2 Å². The third kappa shape index (κ3) is 6.67. The van der Waals surface area contributed by atoms with Gasteiger partial charge >= 0.3 is 0 Å². The predicted molar refractivity (Wildman–Crippen MR) is 181 cm³/mol. The van der Waals surface area contributed by atoms with E-state index in [4.69, 9.17) is 10.1 Å². The quantitative estimate of drug-likeness (QED) is 0.208. The molecular weight excluding hydrogens is 586 g/mol. The Morgan fingerprint density at radius 3 is 1.96 bits per heavy atom. The number of aliphatic hydroxyl groups is 1. The number of aromatic nitrogens is 3. The molecule has 1 N–H and O–H groups in total. The molecule has 1 saturated heterocycles. The molecule has 1 aliphatic carbocycles. The van der Waals surface area contributed by atoms with Crippen LogP contribution in [0.25, 0.3) is 0 Å². The Morgan fingerprint density at radius 2 is 1.32 bits per heavy atom. The molecule has 3 aliphatic rings. The summed E-state index contributed by atoms with van der Waals surface area (Å²) < 4.78 is 1.96. The summed E-state index contributed by atoms with van der Waals surface area (Å²) in [5, 5.41) is 17.0. The van der Waals surface area contributed by atoms with Gasteiger partial charge in [-0.1, -0.05) is 86.0 Å². The first-order valence-corrected chi connectivity index (χ1v) is 17.4. The van der Waals surface area contributed by atoms with Gasteiger partial charge in [0.25, 0.3) is 11.8 Å². The highest BCUT2D eigenvalue weighted by Gasteiger charge is 2.44. The first kappa shape index (κ1) is 31.5. The van der Waals surface area contributed by atoms with E-state index in [0.29, 0.717) is 35.8 Å². The number of hydrogen-bond donors (Lipinski definition) is 1. The molecule has 1 aromatic heterocycles. The van der Waals surface area contributed by atoms with Crippen LogP contribution in [0, 0.1) is 11.8 Å². The van der Waals surface area contributed by atoms with E-state index in [1.54, 1.807) is 24.3 Å². The van der Waals surface area contributed by atoms with E-state index in [2.05, 4.69) is 29.2 Å². The average Bonchev–Trinajstić information content (AvgIpc) is 3.70. The highest BCUT2D eigenvalue weighted by atomic mass is 16.3. The van der Waals surface area contributed by atoms with Crippen LogP contribution in [0.5, 0.6) is 0 Å². The predicted octanol–water partition coefficient (Wildman–Crippen LogP) is 5.89. The summed E-state index contributed by atoms with van der Waals surface area (Å²) >= 11 is 0. The number of imide groups is 1. The van der Waals surface area contributed by atoms with Crippen molar-refractivity contribution in [2.45, 2.75) is 69.9 Å². The Labute approximate surface area is 277 Å². The van der Waals surface area contributed by atoms with Gasteiger partial charge < -0.3 is 10.0 Å². The normalized spacial score (nSPS) is 19.2. The van der Waals surface area contributed by atoms with Gasteiger partial charge in [-0.3, -0.25) is 19.2 Å². The molecule has 2 amide bonds. The molecule has 8 nitrogen and oxygen atoms in total. The van der Waals surface area contributed by atoms with E-state index in [0.717, 1.165) is 82.3 Å². The van der Waals surface area contributed by atoms with Crippen LogP contribution in [0.15, 0.2) is 85.2 Å². The molecule has 8 heteroatoms. The minimum absolute atomic E-state index is 0.138. The SMILES string of the molecule is O=C1c2ccccc2C(=O)N1CCc1ccc(CCN2CCC(Cn3cnc(C(O)(c4ccccc4)C4CCCCC4)n3)CC2)cc1. The molecule has 7 rings (SSSR count). The number of amides is 2. The molecule has 0 spiro atoms. The molecular formula is C39H45N5O3. The Balaban J connectivity index is 0.874. The number of nitrogens with zero attached hydrogens (tertiary/aromatic N) is 5. The van der Waals surface area contributed by atoms with Crippen molar-refractivity contribution < 1.29 is 14.7 Å². The maximum absolute atomic E-state index is 12.7. The molecule has 0 bridgehead atoms. The fraction of sp³-hybridized carbons (Fsp3) is 0.436. The molecule has 3 heterocycles. The minimum atomic E-state index is -1.15. The first-order chi connectivity index (χ1) is 23.0. The molecule has 1 unspecified atom stereocenters. The van der Waals surface area contributed by atoms with Gasteiger partial charge in [0, 0.05) is 19.6 Å². The van der Waals surface area contributed by atoms with Crippen LogP contribution in [-0.2, 0) is 25.0 Å². The van der Waals surface area contributed by atoms with Gasteiger partial charge in [0.1, 0.15) is 6.33 Å². The third-order valence-electron chi connectivity index (χ3n) is 10.7. The second-order valence-corrected chi connectivity index (χ2v) is 13.7. The van der Waals surface area contributed by atoms with Gasteiger partial charge in [-0.05, 0) is 92.3 Å². The number of rotatable bonds is 11. The zero-order valence-electron chi connectivity index (χ0n) is 27.1. The molecule has 1 atom stereocenters. The van der Waals surface area contributed by atoms with Gasteiger partial charge in [-0.25, -0.2) is 4.98 Å². The maximum Gasteiger partial charge on any atom is 0.261 e. The fourth-order valence-corrected chi connectivity index (χ4v) is 7.82. The number of carbonyl (C=O) groups is 2. The van der Waals surface area contributed by atoms with Crippen LogP contribution in [0.2, 0.25) is 0 Å². The lowest BCUT2D eigenvalue weighted by atomic mass is 9.73. The van der Waals surface area contributed by atoms with E-state index >= 15 is 0 Å². The van der Waals surface area contributed by atoms with E-state index in [-0.39, 0.29) is 17.7 Å². The lowest BCUT2D eigenvalue weighted by Crippen LogP contribution is -2.39. The maximum atomic E-state index is 12.7. The standard InChI is InChI=1S/C39H45N5O3/c45-36-34-13-7-8-14-35(34)37(46)44(36)26-22-30-17-15-29(16-18-30)19-23-42-24-20-31(21-25-42)27-43-28-40-38(41-43)39(47,32-9-3-1-4-10-32)33-11-5-2-6-12-33/h1,3-4,7-10,13-18,28,31,33,47H,2,5-6,11-12,19-27H2. The zero-order chi connectivity index (χ0) is 32.2. The summed E-state index contributed by atoms with van der Waals surface area (Å²) in [5.74, 6) is 0.840. The molecule has 0 radical (unpaired) electrons. The summed E-state index contributed by atoms with van der Waals surface area (Å²) in [4.78, 5) is 33.9. The van der Waals surface area contributed by atoms with Crippen molar-refractivity contribution in [2.24, 2.45) is 11.8 Å². The Kier molecular flexibility index (Phi) is 9.32. The van der Waals surface area contributed by atoms with Gasteiger partial charge in [-0.15, -0.1) is 0 Å². The summed E-state index contributed by atoms with van der Waals surface area (Å²) in [6.45, 7) is 4.39. The van der Waals surface area contributed by atoms with Crippen LogP contribution in [0.3, 0.4) is 0 Å². The van der Waals surface area contributed by atoms with Gasteiger partial charge in [0.2, 0.25) is 0 Å². The molecule has 244 valence electrons.